The summed E-state index contributed by atoms with van der Waals surface area (Å²) in [6.45, 7) is 6.27. The summed E-state index contributed by atoms with van der Waals surface area (Å²) in [6, 6.07) is 6.53. The van der Waals surface area contributed by atoms with E-state index in [1.807, 2.05) is 10.9 Å². The second-order valence-corrected chi connectivity index (χ2v) is 6.86. The summed E-state index contributed by atoms with van der Waals surface area (Å²) < 4.78 is 1.88. The molecule has 0 N–H and O–H groups in total. The van der Waals surface area contributed by atoms with Crippen molar-refractivity contribution in [2.24, 2.45) is 0 Å². The quantitative estimate of drug-likeness (QED) is 0.780. The fraction of sp³-hybridized carbons (Fsp3) is 0.444. The second-order valence-electron chi connectivity index (χ2n) is 6.86. The third-order valence-corrected chi connectivity index (χ3v) is 4.18. The Bertz CT molecular complexity index is 677. The van der Waals surface area contributed by atoms with Crippen LogP contribution in [-0.4, -0.2) is 16.1 Å². The lowest BCUT2D eigenvalue weighted by Crippen LogP contribution is -2.22. The van der Waals surface area contributed by atoms with Crippen LogP contribution in [0.1, 0.15) is 55.1 Å². The molecule has 21 heavy (non-hydrogen) atoms. The molecule has 1 heterocycles. The van der Waals surface area contributed by atoms with Crippen molar-refractivity contribution < 1.29 is 4.79 Å². The summed E-state index contributed by atoms with van der Waals surface area (Å²) in [5.41, 5.74) is 5.27. The maximum atomic E-state index is 11.4. The molecule has 0 saturated heterocycles. The van der Waals surface area contributed by atoms with Crippen molar-refractivity contribution in [3.8, 4) is 11.3 Å². The molecule has 1 aliphatic rings. The molecule has 2 aromatic rings. The van der Waals surface area contributed by atoms with Gasteiger partial charge in [0.25, 0.3) is 0 Å². The topological polar surface area (TPSA) is 34.9 Å². The Morgan fingerprint density at radius 3 is 2.52 bits per heavy atom. The summed E-state index contributed by atoms with van der Waals surface area (Å²) in [7, 11) is 0. The molecule has 1 aromatic heterocycles. The van der Waals surface area contributed by atoms with Crippen LogP contribution < -0.4 is 0 Å². The first-order chi connectivity index (χ1) is 9.99. The van der Waals surface area contributed by atoms with Crippen LogP contribution in [0.3, 0.4) is 0 Å². The minimum absolute atomic E-state index is 0.121. The molecule has 1 aliphatic carbocycles. The van der Waals surface area contributed by atoms with Crippen molar-refractivity contribution in [1.29, 1.82) is 0 Å². The van der Waals surface area contributed by atoms with E-state index in [1.54, 1.807) is 0 Å². The predicted octanol–water partition coefficient (Wildman–Crippen LogP) is 4.00. The molecule has 0 amide bonds. The minimum Gasteiger partial charge on any atom is -0.298 e. The minimum atomic E-state index is -0.121. The fourth-order valence-corrected chi connectivity index (χ4v) is 2.92. The highest BCUT2D eigenvalue weighted by molar-refractivity contribution is 5.85. The Balaban J connectivity index is 2.07. The summed E-state index contributed by atoms with van der Waals surface area (Å²) in [6.07, 6.45) is 7.61. The number of hydrogen-bond donors (Lipinski definition) is 0. The summed E-state index contributed by atoms with van der Waals surface area (Å²) in [4.78, 5) is 11.4. The van der Waals surface area contributed by atoms with Gasteiger partial charge in [0.2, 0.25) is 0 Å². The van der Waals surface area contributed by atoms with Crippen LogP contribution >= 0.6 is 0 Å². The monoisotopic (exact) mass is 282 g/mol. The van der Waals surface area contributed by atoms with Gasteiger partial charge >= 0.3 is 0 Å². The van der Waals surface area contributed by atoms with Crippen LogP contribution in [0, 0.1) is 0 Å². The van der Waals surface area contributed by atoms with Crippen LogP contribution in [0.25, 0.3) is 11.3 Å². The van der Waals surface area contributed by atoms with Crippen LogP contribution in [0.5, 0.6) is 0 Å². The average molecular weight is 282 g/mol. The highest BCUT2D eigenvalue weighted by Crippen LogP contribution is 2.29. The Morgan fingerprint density at radius 2 is 1.86 bits per heavy atom. The largest absolute Gasteiger partial charge is 0.298 e. The Kier molecular flexibility index (Phi) is 3.44. The van der Waals surface area contributed by atoms with Crippen molar-refractivity contribution in [3.63, 3.8) is 0 Å². The average Bonchev–Trinajstić information content (AvgIpc) is 2.91. The van der Waals surface area contributed by atoms with E-state index in [9.17, 15) is 4.79 Å². The molecule has 3 heteroatoms. The van der Waals surface area contributed by atoms with E-state index in [0.29, 0.717) is 5.56 Å². The number of hydrogen-bond acceptors (Lipinski definition) is 2. The highest BCUT2D eigenvalue weighted by atomic mass is 16.1. The van der Waals surface area contributed by atoms with Gasteiger partial charge < -0.3 is 0 Å². The lowest BCUT2D eigenvalue weighted by atomic mass is 9.89. The smallest absolute Gasteiger partial charge is 0.153 e. The van der Waals surface area contributed by atoms with Gasteiger partial charge in [-0.15, -0.1) is 0 Å². The molecular weight excluding hydrogens is 260 g/mol. The lowest BCUT2D eigenvalue weighted by Gasteiger charge is -2.19. The molecule has 0 atom stereocenters. The van der Waals surface area contributed by atoms with Gasteiger partial charge in [-0.05, 0) is 63.6 Å². The molecule has 0 radical (unpaired) electrons. The molecule has 3 rings (SSSR count). The van der Waals surface area contributed by atoms with E-state index in [0.717, 1.165) is 24.0 Å². The zero-order chi connectivity index (χ0) is 15.0. The van der Waals surface area contributed by atoms with Crippen LogP contribution in [0.4, 0.5) is 0 Å². The molecule has 110 valence electrons. The predicted molar refractivity (Wildman–Crippen MR) is 84.7 cm³/mol. The zero-order valence-electron chi connectivity index (χ0n) is 13.0. The Morgan fingerprint density at radius 1 is 1.14 bits per heavy atom. The molecule has 0 aliphatic heterocycles. The molecule has 3 nitrogen and oxygen atoms in total. The first-order valence-corrected chi connectivity index (χ1v) is 7.66. The molecule has 1 aromatic carbocycles. The number of aryl methyl sites for hydroxylation is 2. The Hall–Kier alpha value is -1.90. The molecule has 0 fully saturated rings. The van der Waals surface area contributed by atoms with Gasteiger partial charge in [0.05, 0.1) is 11.1 Å². The SMILES string of the molecule is CC(C)(C)n1cc(C=O)c(-c2ccc3c(c2)CCCC3)n1. The van der Waals surface area contributed by atoms with E-state index in [2.05, 4.69) is 44.1 Å². The van der Waals surface area contributed by atoms with E-state index in [-0.39, 0.29) is 5.54 Å². The number of nitrogens with zero attached hydrogens (tertiary/aromatic N) is 2. The zero-order valence-corrected chi connectivity index (χ0v) is 13.0. The maximum Gasteiger partial charge on any atom is 0.153 e. The van der Waals surface area contributed by atoms with Crippen LogP contribution in [0.2, 0.25) is 0 Å². The maximum absolute atomic E-state index is 11.4. The molecule has 0 saturated carbocycles. The Labute approximate surface area is 126 Å². The van der Waals surface area contributed by atoms with E-state index < -0.39 is 0 Å². The van der Waals surface area contributed by atoms with Gasteiger partial charge in [-0.25, -0.2) is 0 Å². The van der Waals surface area contributed by atoms with Gasteiger partial charge in [-0.1, -0.05) is 12.1 Å². The van der Waals surface area contributed by atoms with E-state index in [1.165, 1.54) is 30.4 Å². The fourth-order valence-electron chi connectivity index (χ4n) is 2.92. The van der Waals surface area contributed by atoms with E-state index >= 15 is 0 Å². The highest BCUT2D eigenvalue weighted by Gasteiger charge is 2.19. The van der Waals surface area contributed by atoms with Crippen LogP contribution in [0.15, 0.2) is 24.4 Å². The van der Waals surface area contributed by atoms with Crippen molar-refractivity contribution in [2.75, 3.05) is 0 Å². The summed E-state index contributed by atoms with van der Waals surface area (Å²) in [5, 5.41) is 4.66. The summed E-state index contributed by atoms with van der Waals surface area (Å²) >= 11 is 0. The van der Waals surface area contributed by atoms with Crippen molar-refractivity contribution in [1.82, 2.24) is 9.78 Å². The molecule has 0 spiro atoms. The number of carbonyl (C=O) groups is 1. The van der Waals surface area contributed by atoms with Gasteiger partial charge in [0, 0.05) is 11.8 Å². The van der Waals surface area contributed by atoms with Gasteiger partial charge in [0.15, 0.2) is 6.29 Å². The number of rotatable bonds is 2. The third kappa shape index (κ3) is 2.65. The number of fused-ring (bicyclic) bond motifs is 1. The van der Waals surface area contributed by atoms with Crippen molar-refractivity contribution >= 4 is 6.29 Å². The molecular formula is C18H22N2O. The number of aromatic nitrogens is 2. The van der Waals surface area contributed by atoms with Crippen molar-refractivity contribution in [2.45, 2.75) is 52.0 Å². The number of aldehydes is 1. The second kappa shape index (κ2) is 5.14. The number of carbonyl (C=O) groups excluding carboxylic acids is 1. The summed E-state index contributed by atoms with van der Waals surface area (Å²) in [5.74, 6) is 0. The third-order valence-electron chi connectivity index (χ3n) is 4.18. The van der Waals surface area contributed by atoms with Gasteiger partial charge in [-0.2, -0.15) is 5.10 Å². The first kappa shape index (κ1) is 14.1. The normalized spacial score (nSPS) is 14.8. The van der Waals surface area contributed by atoms with Gasteiger partial charge in [0.1, 0.15) is 5.69 Å². The first-order valence-electron chi connectivity index (χ1n) is 7.66. The van der Waals surface area contributed by atoms with Gasteiger partial charge in [-0.3, -0.25) is 9.48 Å². The van der Waals surface area contributed by atoms with Crippen LogP contribution in [-0.2, 0) is 18.4 Å². The van der Waals surface area contributed by atoms with Crippen molar-refractivity contribution in [3.05, 3.63) is 41.1 Å². The van der Waals surface area contributed by atoms with E-state index in [4.69, 9.17) is 0 Å². The molecule has 0 bridgehead atoms. The lowest BCUT2D eigenvalue weighted by molar-refractivity contribution is 0.112. The standard InChI is InChI=1S/C18H22N2O/c1-18(2,3)20-11-16(12-21)17(19-20)15-9-8-13-6-4-5-7-14(13)10-15/h8-12H,4-7H2,1-3H3. The molecule has 0 unspecified atom stereocenters. The number of benzene rings is 1.